The maximum Gasteiger partial charge on any atom is 0.0714 e. The van der Waals surface area contributed by atoms with Crippen molar-refractivity contribution in [2.75, 3.05) is 5.32 Å². The Balaban J connectivity index is 1.15. The van der Waals surface area contributed by atoms with Gasteiger partial charge in [0, 0.05) is 27.8 Å². The molecule has 2 nitrogen and oxygen atoms in total. The number of aromatic nitrogens is 1. The highest BCUT2D eigenvalue weighted by molar-refractivity contribution is 6.09. The molecule has 2 heteroatoms. The summed E-state index contributed by atoms with van der Waals surface area (Å²) in [5.41, 5.74) is 13.0. The molecule has 1 heterocycles. The molecular formula is C43H30N2. The molecule has 0 bridgehead atoms. The van der Waals surface area contributed by atoms with E-state index in [-0.39, 0.29) is 0 Å². The van der Waals surface area contributed by atoms with E-state index in [1.54, 1.807) is 0 Å². The first-order valence-corrected chi connectivity index (χ1v) is 15.5. The number of hydrogen-bond acceptors (Lipinski definition) is 1. The van der Waals surface area contributed by atoms with Crippen LogP contribution >= 0.6 is 0 Å². The molecule has 1 aromatic heterocycles. The van der Waals surface area contributed by atoms with Crippen LogP contribution in [0.3, 0.4) is 0 Å². The number of rotatable bonds is 5. The highest BCUT2D eigenvalue weighted by atomic mass is 15.0. The second kappa shape index (κ2) is 10.1. The number of fused-ring (bicyclic) bond motifs is 6. The van der Waals surface area contributed by atoms with Crippen LogP contribution in [0.1, 0.15) is 22.3 Å². The van der Waals surface area contributed by atoms with E-state index in [1.807, 2.05) is 0 Å². The number of anilines is 2. The Morgan fingerprint density at radius 2 is 0.911 bits per heavy atom. The Hall–Kier alpha value is -5.86. The van der Waals surface area contributed by atoms with Crippen molar-refractivity contribution < 1.29 is 0 Å². The van der Waals surface area contributed by atoms with Gasteiger partial charge in [0.2, 0.25) is 0 Å². The minimum Gasteiger partial charge on any atom is -0.356 e. The Labute approximate surface area is 262 Å². The van der Waals surface area contributed by atoms with Gasteiger partial charge >= 0.3 is 0 Å². The third-order valence-electron chi connectivity index (χ3n) is 9.45. The topological polar surface area (TPSA) is 17.0 Å². The number of nitrogens with zero attached hydrogens (tertiary/aromatic N) is 1. The molecule has 0 radical (unpaired) electrons. The fourth-order valence-electron chi connectivity index (χ4n) is 7.58. The first kappa shape index (κ1) is 25.6. The molecule has 45 heavy (non-hydrogen) atoms. The first-order valence-electron chi connectivity index (χ1n) is 15.5. The van der Waals surface area contributed by atoms with Crippen LogP contribution in [0.25, 0.3) is 38.6 Å². The predicted octanol–water partition coefficient (Wildman–Crippen LogP) is 10.9. The van der Waals surface area contributed by atoms with Gasteiger partial charge in [-0.1, -0.05) is 127 Å². The van der Waals surface area contributed by atoms with E-state index in [4.69, 9.17) is 0 Å². The largest absolute Gasteiger partial charge is 0.356 e. The fourth-order valence-corrected chi connectivity index (χ4v) is 7.58. The van der Waals surface area contributed by atoms with Gasteiger partial charge in [0.15, 0.2) is 0 Å². The second-order valence-corrected chi connectivity index (χ2v) is 11.8. The highest BCUT2D eigenvalue weighted by Gasteiger charge is 2.46. The maximum atomic E-state index is 3.74. The molecule has 0 saturated heterocycles. The van der Waals surface area contributed by atoms with Crippen molar-refractivity contribution >= 4 is 33.2 Å². The summed E-state index contributed by atoms with van der Waals surface area (Å²) in [7, 11) is 0. The van der Waals surface area contributed by atoms with Gasteiger partial charge in [-0.3, -0.25) is 0 Å². The molecule has 0 amide bonds. The summed E-state index contributed by atoms with van der Waals surface area (Å²) < 4.78 is 2.36. The Bertz CT molecular complexity index is 2240. The van der Waals surface area contributed by atoms with Crippen LogP contribution < -0.4 is 5.32 Å². The van der Waals surface area contributed by atoms with Crippen LogP contribution in [0.15, 0.2) is 176 Å². The van der Waals surface area contributed by atoms with Gasteiger partial charge in [0.1, 0.15) is 0 Å². The van der Waals surface area contributed by atoms with Crippen molar-refractivity contribution in [2.24, 2.45) is 0 Å². The normalized spacial score (nSPS) is 13.1. The van der Waals surface area contributed by atoms with Gasteiger partial charge < -0.3 is 9.88 Å². The SMILES string of the molecule is c1ccc(C2(c3ccccc3)c3ccccc3-c3ccc(Nc4ccc(-n5c6ccccc6c6ccccc65)cc4)cc32)cc1. The molecule has 1 N–H and O–H groups in total. The summed E-state index contributed by atoms with van der Waals surface area (Å²) in [6, 6.07) is 63.7. The molecule has 9 rings (SSSR count). The maximum absolute atomic E-state index is 3.74. The van der Waals surface area contributed by atoms with Gasteiger partial charge in [-0.05, 0) is 81.9 Å². The summed E-state index contributed by atoms with van der Waals surface area (Å²) in [6.45, 7) is 0. The lowest BCUT2D eigenvalue weighted by atomic mass is 9.67. The molecule has 1 aliphatic rings. The lowest BCUT2D eigenvalue weighted by molar-refractivity contribution is 0.769. The van der Waals surface area contributed by atoms with Crippen LogP contribution in [-0.2, 0) is 5.41 Å². The van der Waals surface area contributed by atoms with Gasteiger partial charge in [0.25, 0.3) is 0 Å². The molecular weight excluding hydrogens is 544 g/mol. The third kappa shape index (κ3) is 3.82. The Morgan fingerprint density at radius 3 is 1.56 bits per heavy atom. The lowest BCUT2D eigenvalue weighted by Crippen LogP contribution is -2.28. The molecule has 8 aromatic rings. The number of benzene rings is 7. The molecule has 0 atom stereocenters. The predicted molar refractivity (Wildman–Crippen MR) is 188 cm³/mol. The van der Waals surface area contributed by atoms with E-state index in [9.17, 15) is 0 Å². The van der Waals surface area contributed by atoms with Crippen molar-refractivity contribution in [1.29, 1.82) is 0 Å². The summed E-state index contributed by atoms with van der Waals surface area (Å²) in [5.74, 6) is 0. The van der Waals surface area contributed by atoms with Crippen LogP contribution in [0.2, 0.25) is 0 Å². The minimum atomic E-state index is -0.410. The van der Waals surface area contributed by atoms with Crippen molar-refractivity contribution in [3.05, 3.63) is 198 Å². The van der Waals surface area contributed by atoms with Crippen molar-refractivity contribution in [2.45, 2.75) is 5.41 Å². The van der Waals surface area contributed by atoms with Crippen molar-refractivity contribution in [3.63, 3.8) is 0 Å². The van der Waals surface area contributed by atoms with Crippen LogP contribution in [0.5, 0.6) is 0 Å². The van der Waals surface area contributed by atoms with E-state index in [0.29, 0.717) is 0 Å². The molecule has 0 saturated carbocycles. The zero-order valence-corrected chi connectivity index (χ0v) is 24.7. The zero-order chi connectivity index (χ0) is 29.8. The van der Waals surface area contributed by atoms with Crippen LogP contribution in [0.4, 0.5) is 11.4 Å². The minimum absolute atomic E-state index is 0.410. The Kier molecular flexibility index (Phi) is 5.76. The molecule has 7 aromatic carbocycles. The quantitative estimate of drug-likeness (QED) is 0.216. The van der Waals surface area contributed by atoms with E-state index >= 15 is 0 Å². The van der Waals surface area contributed by atoms with Gasteiger partial charge in [0.05, 0.1) is 16.4 Å². The molecule has 1 aliphatic carbocycles. The van der Waals surface area contributed by atoms with Crippen molar-refractivity contribution in [3.8, 4) is 16.8 Å². The van der Waals surface area contributed by atoms with Gasteiger partial charge in [-0.25, -0.2) is 0 Å². The summed E-state index contributed by atoms with van der Waals surface area (Å²) in [5, 5.41) is 6.28. The molecule has 0 aliphatic heterocycles. The summed E-state index contributed by atoms with van der Waals surface area (Å²) >= 11 is 0. The Morgan fingerprint density at radius 1 is 0.400 bits per heavy atom. The summed E-state index contributed by atoms with van der Waals surface area (Å²) in [6.07, 6.45) is 0. The third-order valence-corrected chi connectivity index (χ3v) is 9.45. The molecule has 0 fully saturated rings. The molecule has 212 valence electrons. The number of nitrogens with one attached hydrogen (secondary N) is 1. The average molecular weight is 575 g/mol. The molecule has 0 spiro atoms. The van der Waals surface area contributed by atoms with E-state index < -0.39 is 5.41 Å². The van der Waals surface area contributed by atoms with Gasteiger partial charge in [-0.2, -0.15) is 0 Å². The average Bonchev–Trinajstić information content (AvgIpc) is 3.60. The standard InChI is InChI=1S/C43H30N2/c1-3-13-30(14-4-1)43(31-15-5-2-6-16-31)39-20-10-7-17-35(39)36-28-25-33(29-40(36)43)44-32-23-26-34(27-24-32)45-41-21-11-8-18-37(41)38-19-9-12-22-42(38)45/h1-29,44H. The first-order chi connectivity index (χ1) is 22.3. The lowest BCUT2D eigenvalue weighted by Gasteiger charge is -2.34. The zero-order valence-electron chi connectivity index (χ0n) is 24.7. The number of para-hydroxylation sites is 2. The van der Waals surface area contributed by atoms with Crippen molar-refractivity contribution in [1.82, 2.24) is 4.57 Å². The van der Waals surface area contributed by atoms with E-state index in [2.05, 4.69) is 186 Å². The van der Waals surface area contributed by atoms with Crippen LogP contribution in [-0.4, -0.2) is 4.57 Å². The monoisotopic (exact) mass is 574 g/mol. The van der Waals surface area contributed by atoms with E-state index in [1.165, 1.54) is 55.2 Å². The summed E-state index contributed by atoms with van der Waals surface area (Å²) in [4.78, 5) is 0. The van der Waals surface area contributed by atoms with Gasteiger partial charge in [-0.15, -0.1) is 0 Å². The number of hydrogen-bond donors (Lipinski definition) is 1. The smallest absolute Gasteiger partial charge is 0.0714 e. The molecule has 0 unspecified atom stereocenters. The van der Waals surface area contributed by atoms with E-state index in [0.717, 1.165) is 17.1 Å². The highest BCUT2D eigenvalue weighted by Crippen LogP contribution is 2.56. The van der Waals surface area contributed by atoms with Crippen LogP contribution in [0, 0.1) is 0 Å². The second-order valence-electron chi connectivity index (χ2n) is 11.8. The fraction of sp³-hybridized carbons (Fsp3) is 0.0233.